The molecule has 0 aromatic heterocycles. The van der Waals surface area contributed by atoms with Gasteiger partial charge in [0, 0.05) is 0 Å². The van der Waals surface area contributed by atoms with Crippen LogP contribution in [0.2, 0.25) is 0 Å². The number of ether oxygens (including phenoxy) is 1. The van der Waals surface area contributed by atoms with E-state index in [1.54, 1.807) is 0 Å². The minimum atomic E-state index is -0.944. The fourth-order valence-electron chi connectivity index (χ4n) is 1.05. The second-order valence-electron chi connectivity index (χ2n) is 2.60. The highest BCUT2D eigenvalue weighted by Gasteiger charge is 2.37. The lowest BCUT2D eigenvalue weighted by atomic mass is 10.1. The van der Waals surface area contributed by atoms with Crippen LogP contribution in [0.3, 0.4) is 0 Å². The average molecular weight is 148 g/mol. The van der Waals surface area contributed by atoms with Gasteiger partial charge < -0.3 is 20.1 Å². The molecule has 1 fully saturated rings. The topological polar surface area (TPSA) is 69.9 Å². The molecule has 60 valence electrons. The maximum Gasteiger partial charge on any atom is 0.112 e. The Bertz CT molecular complexity index is 114. The van der Waals surface area contributed by atoms with Crippen molar-refractivity contribution in [3.8, 4) is 0 Å². The van der Waals surface area contributed by atoms with Crippen molar-refractivity contribution in [1.29, 1.82) is 0 Å². The fourth-order valence-corrected chi connectivity index (χ4v) is 1.05. The van der Waals surface area contributed by atoms with Gasteiger partial charge in [-0.25, -0.2) is 0 Å². The Balaban J connectivity index is 2.49. The monoisotopic (exact) mass is 148 g/mol. The van der Waals surface area contributed by atoms with Gasteiger partial charge >= 0.3 is 0 Å². The second kappa shape index (κ2) is 2.84. The lowest BCUT2D eigenvalue weighted by Crippen LogP contribution is -2.36. The third-order valence-corrected chi connectivity index (χ3v) is 1.67. The third kappa shape index (κ3) is 1.29. The Kier molecular flexibility index (Phi) is 2.25. The van der Waals surface area contributed by atoms with Crippen LogP contribution in [0.1, 0.15) is 6.92 Å². The van der Waals surface area contributed by atoms with Gasteiger partial charge in [-0.05, 0) is 6.92 Å². The minimum absolute atomic E-state index is 0.108. The summed E-state index contributed by atoms with van der Waals surface area (Å²) in [7, 11) is 0. The molecular formula is C6H12O4. The van der Waals surface area contributed by atoms with E-state index in [2.05, 4.69) is 0 Å². The number of hydrogen-bond acceptors (Lipinski definition) is 4. The fraction of sp³-hybridized carbons (Fsp3) is 1.00. The highest BCUT2D eigenvalue weighted by atomic mass is 16.5. The summed E-state index contributed by atoms with van der Waals surface area (Å²) in [5, 5.41) is 27.0. The van der Waals surface area contributed by atoms with Crippen molar-refractivity contribution in [2.24, 2.45) is 0 Å². The molecule has 1 heterocycles. The van der Waals surface area contributed by atoms with Gasteiger partial charge in [0.1, 0.15) is 18.3 Å². The van der Waals surface area contributed by atoms with E-state index in [0.29, 0.717) is 0 Å². The maximum absolute atomic E-state index is 9.09. The van der Waals surface area contributed by atoms with Gasteiger partial charge in [0.25, 0.3) is 0 Å². The minimum Gasteiger partial charge on any atom is -0.391 e. The average Bonchev–Trinajstić information content (AvgIpc) is 2.14. The van der Waals surface area contributed by atoms with Crippen molar-refractivity contribution in [2.75, 3.05) is 6.61 Å². The molecule has 0 radical (unpaired) electrons. The molecule has 0 aromatic carbocycles. The van der Waals surface area contributed by atoms with Gasteiger partial charge in [0.15, 0.2) is 0 Å². The van der Waals surface area contributed by atoms with Crippen LogP contribution in [0.25, 0.3) is 0 Å². The van der Waals surface area contributed by atoms with E-state index in [1.807, 2.05) is 0 Å². The summed E-state index contributed by atoms with van der Waals surface area (Å²) < 4.78 is 4.89. The summed E-state index contributed by atoms with van der Waals surface area (Å²) >= 11 is 0. The van der Waals surface area contributed by atoms with Crippen molar-refractivity contribution in [2.45, 2.75) is 31.3 Å². The summed E-state index contributed by atoms with van der Waals surface area (Å²) in [6.45, 7) is 1.63. The Morgan fingerprint density at radius 2 is 2.10 bits per heavy atom. The first-order chi connectivity index (χ1) is 4.63. The molecule has 1 rings (SSSR count). The normalized spacial score (nSPS) is 43.8. The zero-order valence-corrected chi connectivity index (χ0v) is 5.77. The molecule has 0 aliphatic carbocycles. The molecule has 4 heteroatoms. The van der Waals surface area contributed by atoms with Crippen LogP contribution < -0.4 is 0 Å². The molecule has 10 heavy (non-hydrogen) atoms. The van der Waals surface area contributed by atoms with Gasteiger partial charge in [-0.1, -0.05) is 0 Å². The standard InChI is InChI=1S/C6H12O4/c1-3(7)6-5(9)4(8)2-10-6/h3-9H,2H2,1H3. The van der Waals surface area contributed by atoms with E-state index in [9.17, 15) is 0 Å². The summed E-state index contributed by atoms with van der Waals surface area (Å²) in [4.78, 5) is 0. The Morgan fingerprint density at radius 1 is 1.50 bits per heavy atom. The first-order valence-electron chi connectivity index (χ1n) is 3.28. The Morgan fingerprint density at radius 3 is 2.30 bits per heavy atom. The highest BCUT2D eigenvalue weighted by Crippen LogP contribution is 2.16. The summed E-state index contributed by atoms with van der Waals surface area (Å²) in [5.41, 5.74) is 0. The maximum atomic E-state index is 9.09. The Hall–Kier alpha value is -0.160. The molecule has 4 nitrogen and oxygen atoms in total. The quantitative estimate of drug-likeness (QED) is 0.422. The van der Waals surface area contributed by atoms with Crippen LogP contribution in [-0.4, -0.2) is 46.3 Å². The van der Waals surface area contributed by atoms with Crippen LogP contribution in [0, 0.1) is 0 Å². The van der Waals surface area contributed by atoms with Crippen molar-refractivity contribution >= 4 is 0 Å². The van der Waals surface area contributed by atoms with Crippen molar-refractivity contribution in [1.82, 2.24) is 0 Å². The molecule has 3 N–H and O–H groups in total. The van der Waals surface area contributed by atoms with Crippen molar-refractivity contribution in [3.05, 3.63) is 0 Å². The highest BCUT2D eigenvalue weighted by molar-refractivity contribution is 4.85. The molecule has 0 bridgehead atoms. The number of hydrogen-bond donors (Lipinski definition) is 3. The molecule has 0 aromatic rings. The summed E-state index contributed by atoms with van der Waals surface area (Å²) in [5.74, 6) is 0. The van der Waals surface area contributed by atoms with E-state index in [4.69, 9.17) is 20.1 Å². The molecule has 0 amide bonds. The SMILES string of the molecule is CC(O)C1OCC(O)C1O. The van der Waals surface area contributed by atoms with E-state index in [0.717, 1.165) is 0 Å². The van der Waals surface area contributed by atoms with E-state index in [1.165, 1.54) is 6.92 Å². The molecule has 0 saturated carbocycles. The van der Waals surface area contributed by atoms with E-state index >= 15 is 0 Å². The van der Waals surface area contributed by atoms with Crippen molar-refractivity contribution < 1.29 is 20.1 Å². The number of rotatable bonds is 1. The van der Waals surface area contributed by atoms with Crippen LogP contribution in [0.15, 0.2) is 0 Å². The van der Waals surface area contributed by atoms with Gasteiger partial charge in [-0.15, -0.1) is 0 Å². The predicted octanol–water partition coefficient (Wildman–Crippen LogP) is -1.51. The van der Waals surface area contributed by atoms with Crippen LogP contribution in [0.4, 0.5) is 0 Å². The molecule has 0 spiro atoms. The lowest BCUT2D eigenvalue weighted by molar-refractivity contribution is -0.0429. The molecule has 1 aliphatic rings. The number of aliphatic hydroxyl groups excluding tert-OH is 3. The molecular weight excluding hydrogens is 136 g/mol. The molecule has 1 saturated heterocycles. The van der Waals surface area contributed by atoms with Crippen LogP contribution >= 0.6 is 0 Å². The zero-order chi connectivity index (χ0) is 7.72. The zero-order valence-electron chi connectivity index (χ0n) is 5.77. The van der Waals surface area contributed by atoms with E-state index < -0.39 is 24.4 Å². The number of aliphatic hydroxyl groups is 3. The molecule has 1 aliphatic heterocycles. The van der Waals surface area contributed by atoms with Crippen LogP contribution in [-0.2, 0) is 4.74 Å². The van der Waals surface area contributed by atoms with Gasteiger partial charge in [-0.3, -0.25) is 0 Å². The van der Waals surface area contributed by atoms with Gasteiger partial charge in [0.2, 0.25) is 0 Å². The first kappa shape index (κ1) is 7.94. The summed E-state index contributed by atoms with van der Waals surface area (Å²) in [6, 6.07) is 0. The largest absolute Gasteiger partial charge is 0.391 e. The predicted molar refractivity (Wildman–Crippen MR) is 33.4 cm³/mol. The van der Waals surface area contributed by atoms with Gasteiger partial charge in [0.05, 0.1) is 12.7 Å². The lowest BCUT2D eigenvalue weighted by Gasteiger charge is -2.16. The van der Waals surface area contributed by atoms with Crippen molar-refractivity contribution in [3.63, 3.8) is 0 Å². The Labute approximate surface area is 59.1 Å². The molecule has 4 atom stereocenters. The first-order valence-corrected chi connectivity index (χ1v) is 3.28. The summed E-state index contributed by atoms with van der Waals surface area (Å²) in [6.07, 6.45) is -3.15. The smallest absolute Gasteiger partial charge is 0.112 e. The van der Waals surface area contributed by atoms with Gasteiger partial charge in [-0.2, -0.15) is 0 Å². The second-order valence-corrected chi connectivity index (χ2v) is 2.60. The van der Waals surface area contributed by atoms with E-state index in [-0.39, 0.29) is 6.61 Å². The van der Waals surface area contributed by atoms with Crippen LogP contribution in [0.5, 0.6) is 0 Å². The third-order valence-electron chi connectivity index (χ3n) is 1.67. The molecule has 4 unspecified atom stereocenters.